The number of nitrogens with two attached hydrogens (primary N) is 1. The Hall–Kier alpha value is -2.40. The van der Waals surface area contributed by atoms with Gasteiger partial charge in [0.2, 0.25) is 0 Å². The summed E-state index contributed by atoms with van der Waals surface area (Å²) >= 11 is 0. The third-order valence-electron chi connectivity index (χ3n) is 2.86. The first kappa shape index (κ1) is 14.0. The third kappa shape index (κ3) is 3.13. The Balaban J connectivity index is 2.18. The molecular formula is C15H15FN2O2. The lowest BCUT2D eigenvalue weighted by molar-refractivity contribution is 0.102. The van der Waals surface area contributed by atoms with Gasteiger partial charge in [0.05, 0.1) is 12.8 Å². The van der Waals surface area contributed by atoms with E-state index in [2.05, 4.69) is 5.32 Å². The highest BCUT2D eigenvalue weighted by molar-refractivity contribution is 6.05. The van der Waals surface area contributed by atoms with Gasteiger partial charge >= 0.3 is 0 Å². The summed E-state index contributed by atoms with van der Waals surface area (Å²) in [5, 5.41) is 2.68. The maximum absolute atomic E-state index is 13.1. The number of ether oxygens (including phenoxy) is 1. The number of carbonyl (C=O) groups is 1. The molecule has 0 radical (unpaired) electrons. The summed E-state index contributed by atoms with van der Waals surface area (Å²) < 4.78 is 18.1. The summed E-state index contributed by atoms with van der Waals surface area (Å²) in [6.07, 6.45) is 0. The lowest BCUT2D eigenvalue weighted by Gasteiger charge is -2.10. The summed E-state index contributed by atoms with van der Waals surface area (Å²) in [4.78, 5) is 12.1. The summed E-state index contributed by atoms with van der Waals surface area (Å²) in [5.74, 6) is -0.442. The molecule has 2 rings (SSSR count). The predicted octanol–water partition coefficient (Wildman–Crippen LogP) is 2.55. The van der Waals surface area contributed by atoms with Gasteiger partial charge in [0.15, 0.2) is 0 Å². The van der Waals surface area contributed by atoms with Crippen molar-refractivity contribution in [1.29, 1.82) is 0 Å². The Morgan fingerprint density at radius 2 is 1.95 bits per heavy atom. The van der Waals surface area contributed by atoms with E-state index >= 15 is 0 Å². The number of carbonyl (C=O) groups excluding carboxylic acids is 1. The number of amides is 1. The molecule has 0 heterocycles. The van der Waals surface area contributed by atoms with E-state index in [1.165, 1.54) is 25.3 Å². The van der Waals surface area contributed by atoms with Crippen molar-refractivity contribution in [3.63, 3.8) is 0 Å². The van der Waals surface area contributed by atoms with Gasteiger partial charge in [-0.1, -0.05) is 12.1 Å². The molecular weight excluding hydrogens is 259 g/mol. The van der Waals surface area contributed by atoms with Gasteiger partial charge in [-0.15, -0.1) is 0 Å². The van der Waals surface area contributed by atoms with Gasteiger partial charge in [-0.3, -0.25) is 4.79 Å². The van der Waals surface area contributed by atoms with Crippen LogP contribution in [-0.4, -0.2) is 13.0 Å². The predicted molar refractivity (Wildman–Crippen MR) is 75.2 cm³/mol. The lowest BCUT2D eigenvalue weighted by atomic mass is 10.1. The molecule has 1 amide bonds. The molecule has 5 heteroatoms. The molecule has 20 heavy (non-hydrogen) atoms. The van der Waals surface area contributed by atoms with Gasteiger partial charge in [-0.05, 0) is 29.8 Å². The number of hydrogen-bond acceptors (Lipinski definition) is 3. The Morgan fingerprint density at radius 3 is 2.55 bits per heavy atom. The molecule has 0 atom stereocenters. The van der Waals surface area contributed by atoms with Gasteiger partial charge in [-0.2, -0.15) is 0 Å². The maximum atomic E-state index is 13.1. The van der Waals surface area contributed by atoms with Crippen LogP contribution in [-0.2, 0) is 6.54 Å². The summed E-state index contributed by atoms with van der Waals surface area (Å²) in [6, 6.07) is 10.9. The van der Waals surface area contributed by atoms with Crippen LogP contribution in [0.3, 0.4) is 0 Å². The number of anilines is 1. The molecule has 0 spiro atoms. The van der Waals surface area contributed by atoms with Crippen LogP contribution in [0.5, 0.6) is 5.75 Å². The zero-order chi connectivity index (χ0) is 14.5. The lowest BCUT2D eigenvalue weighted by Crippen LogP contribution is -2.13. The van der Waals surface area contributed by atoms with Crippen molar-refractivity contribution in [3.05, 3.63) is 59.4 Å². The van der Waals surface area contributed by atoms with Gasteiger partial charge in [0.1, 0.15) is 11.6 Å². The maximum Gasteiger partial charge on any atom is 0.255 e. The smallest absolute Gasteiger partial charge is 0.255 e. The Morgan fingerprint density at radius 1 is 1.25 bits per heavy atom. The number of benzene rings is 2. The molecule has 0 aliphatic heterocycles. The summed E-state index contributed by atoms with van der Waals surface area (Å²) in [7, 11) is 1.42. The van der Waals surface area contributed by atoms with Crippen molar-refractivity contribution in [2.75, 3.05) is 12.4 Å². The van der Waals surface area contributed by atoms with Crippen molar-refractivity contribution in [2.24, 2.45) is 5.73 Å². The van der Waals surface area contributed by atoms with Crippen LogP contribution >= 0.6 is 0 Å². The molecule has 0 aromatic heterocycles. The van der Waals surface area contributed by atoms with Crippen molar-refractivity contribution in [1.82, 2.24) is 0 Å². The van der Waals surface area contributed by atoms with E-state index in [1.807, 2.05) is 0 Å². The van der Waals surface area contributed by atoms with Crippen LogP contribution in [0.15, 0.2) is 42.5 Å². The second-order valence-electron chi connectivity index (χ2n) is 4.20. The van der Waals surface area contributed by atoms with Gasteiger partial charge in [0.25, 0.3) is 5.91 Å². The number of hydrogen-bond donors (Lipinski definition) is 2. The van der Waals surface area contributed by atoms with Crippen molar-refractivity contribution in [2.45, 2.75) is 6.54 Å². The van der Waals surface area contributed by atoms with Gasteiger partial charge in [0, 0.05) is 18.2 Å². The molecule has 104 valence electrons. The summed E-state index contributed by atoms with van der Waals surface area (Å²) in [5.41, 5.74) is 7.36. The molecule has 3 N–H and O–H groups in total. The number of rotatable bonds is 4. The minimum atomic E-state index is -0.424. The van der Waals surface area contributed by atoms with E-state index in [4.69, 9.17) is 10.5 Å². The zero-order valence-corrected chi connectivity index (χ0v) is 11.0. The quantitative estimate of drug-likeness (QED) is 0.900. The monoisotopic (exact) mass is 274 g/mol. The van der Waals surface area contributed by atoms with E-state index in [0.29, 0.717) is 17.8 Å². The topological polar surface area (TPSA) is 64.3 Å². The third-order valence-corrected chi connectivity index (χ3v) is 2.86. The molecule has 0 fully saturated rings. The first-order valence-electron chi connectivity index (χ1n) is 6.08. The van der Waals surface area contributed by atoms with Gasteiger partial charge < -0.3 is 15.8 Å². The fourth-order valence-corrected chi connectivity index (χ4v) is 1.76. The molecule has 0 saturated carbocycles. The van der Waals surface area contributed by atoms with Crippen LogP contribution < -0.4 is 15.8 Å². The Bertz CT molecular complexity index is 612. The van der Waals surface area contributed by atoms with E-state index in [9.17, 15) is 9.18 Å². The first-order valence-corrected chi connectivity index (χ1v) is 6.08. The number of methoxy groups -OCH3 is 1. The van der Waals surface area contributed by atoms with Gasteiger partial charge in [-0.25, -0.2) is 4.39 Å². The van der Waals surface area contributed by atoms with E-state index in [-0.39, 0.29) is 11.7 Å². The molecule has 0 saturated heterocycles. The minimum absolute atomic E-state index is 0.275. The molecule has 0 bridgehead atoms. The normalized spacial score (nSPS) is 10.2. The van der Waals surface area contributed by atoms with E-state index in [1.54, 1.807) is 24.3 Å². The van der Waals surface area contributed by atoms with Crippen LogP contribution in [0.2, 0.25) is 0 Å². The molecule has 2 aromatic rings. The van der Waals surface area contributed by atoms with Crippen molar-refractivity contribution in [3.8, 4) is 5.75 Å². The van der Waals surface area contributed by atoms with E-state index in [0.717, 1.165) is 5.56 Å². The highest BCUT2D eigenvalue weighted by atomic mass is 19.1. The number of nitrogens with one attached hydrogen (secondary N) is 1. The SMILES string of the molecule is COc1cc(F)ccc1NC(=O)c1ccc(CN)cc1. The largest absolute Gasteiger partial charge is 0.494 e. The molecule has 0 aliphatic rings. The average molecular weight is 274 g/mol. The fraction of sp³-hybridized carbons (Fsp3) is 0.133. The Kier molecular flexibility index (Phi) is 4.32. The van der Waals surface area contributed by atoms with E-state index < -0.39 is 5.82 Å². The van der Waals surface area contributed by atoms with Crippen molar-refractivity contribution < 1.29 is 13.9 Å². The standard InChI is InChI=1S/C15H15FN2O2/c1-20-14-8-12(16)6-7-13(14)18-15(19)11-4-2-10(9-17)3-5-11/h2-8H,9,17H2,1H3,(H,18,19). The zero-order valence-electron chi connectivity index (χ0n) is 11.0. The number of halogens is 1. The molecule has 0 unspecified atom stereocenters. The summed E-state index contributed by atoms with van der Waals surface area (Å²) in [6.45, 7) is 0.424. The minimum Gasteiger partial charge on any atom is -0.494 e. The second kappa shape index (κ2) is 6.16. The van der Waals surface area contributed by atoms with Crippen LogP contribution in [0.25, 0.3) is 0 Å². The van der Waals surface area contributed by atoms with Crippen LogP contribution in [0, 0.1) is 5.82 Å². The highest BCUT2D eigenvalue weighted by Gasteiger charge is 2.10. The van der Waals surface area contributed by atoms with Crippen LogP contribution in [0.4, 0.5) is 10.1 Å². The Labute approximate surface area is 116 Å². The second-order valence-corrected chi connectivity index (χ2v) is 4.20. The molecule has 2 aromatic carbocycles. The molecule has 4 nitrogen and oxygen atoms in total. The first-order chi connectivity index (χ1) is 9.63. The molecule has 0 aliphatic carbocycles. The van der Waals surface area contributed by atoms with Crippen LogP contribution in [0.1, 0.15) is 15.9 Å². The van der Waals surface area contributed by atoms with Crippen molar-refractivity contribution >= 4 is 11.6 Å². The highest BCUT2D eigenvalue weighted by Crippen LogP contribution is 2.25. The fourth-order valence-electron chi connectivity index (χ4n) is 1.76. The average Bonchev–Trinajstić information content (AvgIpc) is 2.49.